The first-order chi connectivity index (χ1) is 16.6. The molecule has 0 amide bonds. The summed E-state index contributed by atoms with van der Waals surface area (Å²) in [5.74, 6) is 2.14. The molecule has 172 valence electrons. The van der Waals surface area contributed by atoms with Crippen LogP contribution in [0, 0.1) is 6.92 Å². The molecule has 7 heteroatoms. The van der Waals surface area contributed by atoms with Crippen molar-refractivity contribution in [3.63, 3.8) is 0 Å². The van der Waals surface area contributed by atoms with Gasteiger partial charge in [0.25, 0.3) is 5.56 Å². The number of imidazole rings is 1. The van der Waals surface area contributed by atoms with Gasteiger partial charge in [-0.2, -0.15) is 0 Å². The first-order valence-corrected chi connectivity index (χ1v) is 11.9. The number of nitrogens with zero attached hydrogens (tertiary/aromatic N) is 2. The zero-order valence-corrected chi connectivity index (χ0v) is 19.8. The molecule has 2 heterocycles. The van der Waals surface area contributed by atoms with Crippen LogP contribution < -0.4 is 24.3 Å². The Morgan fingerprint density at radius 3 is 2.68 bits per heavy atom. The molecule has 0 aliphatic rings. The number of thiazole rings is 1. The lowest BCUT2D eigenvalue weighted by Gasteiger charge is -2.12. The Hall–Kier alpha value is -3.84. The Labute approximate surface area is 200 Å². The number of hydrogen-bond acceptors (Lipinski definition) is 6. The van der Waals surface area contributed by atoms with Crippen LogP contribution in [0.2, 0.25) is 0 Å². The number of benzene rings is 3. The number of aryl methyl sites for hydroxylation is 1. The van der Waals surface area contributed by atoms with Gasteiger partial charge in [0.15, 0.2) is 16.5 Å². The van der Waals surface area contributed by atoms with Crippen molar-refractivity contribution >= 4 is 33.4 Å². The summed E-state index contributed by atoms with van der Waals surface area (Å²) < 4.78 is 19.5. The molecule has 0 bridgehead atoms. The third-order valence-corrected chi connectivity index (χ3v) is 6.40. The van der Waals surface area contributed by atoms with Gasteiger partial charge in [-0.15, -0.1) is 0 Å². The molecule has 0 saturated heterocycles. The van der Waals surface area contributed by atoms with Crippen LogP contribution in [-0.2, 0) is 0 Å². The lowest BCUT2D eigenvalue weighted by atomic mass is 10.2. The molecule has 0 unspecified atom stereocenters. The Morgan fingerprint density at radius 1 is 0.971 bits per heavy atom. The lowest BCUT2D eigenvalue weighted by Crippen LogP contribution is -2.22. The highest BCUT2D eigenvalue weighted by molar-refractivity contribution is 7.15. The average molecular weight is 473 g/mol. The fourth-order valence-corrected chi connectivity index (χ4v) is 4.78. The van der Waals surface area contributed by atoms with E-state index >= 15 is 0 Å². The maximum Gasteiger partial charge on any atom is 0.274 e. The molecule has 2 aromatic heterocycles. The predicted molar refractivity (Wildman–Crippen MR) is 135 cm³/mol. The molecule has 0 saturated carbocycles. The zero-order valence-electron chi connectivity index (χ0n) is 19.0. The SMILES string of the molecule is COc1cc(C=c2sc3nc4ccccc4n3c2=O)ccc1OCCCOc1cccc(C)c1. The summed E-state index contributed by atoms with van der Waals surface area (Å²) >= 11 is 1.38. The van der Waals surface area contributed by atoms with Crippen LogP contribution in [0.4, 0.5) is 0 Å². The van der Waals surface area contributed by atoms with Crippen molar-refractivity contribution in [3.8, 4) is 17.2 Å². The summed E-state index contributed by atoms with van der Waals surface area (Å²) in [5.41, 5.74) is 3.61. The molecule has 5 rings (SSSR count). The number of hydrogen-bond donors (Lipinski definition) is 0. The number of methoxy groups -OCH3 is 1. The average Bonchev–Trinajstić information content (AvgIpc) is 3.35. The van der Waals surface area contributed by atoms with Gasteiger partial charge in [0.2, 0.25) is 0 Å². The van der Waals surface area contributed by atoms with Gasteiger partial charge in [-0.3, -0.25) is 4.79 Å². The summed E-state index contributed by atoms with van der Waals surface area (Å²) in [6, 6.07) is 21.3. The molecule has 0 N–H and O–H groups in total. The minimum atomic E-state index is -0.0680. The smallest absolute Gasteiger partial charge is 0.274 e. The fourth-order valence-electron chi connectivity index (χ4n) is 3.79. The molecule has 0 fully saturated rings. The van der Waals surface area contributed by atoms with E-state index in [1.54, 1.807) is 11.5 Å². The first kappa shape index (κ1) is 22.0. The molecule has 5 aromatic rings. The van der Waals surface area contributed by atoms with Crippen molar-refractivity contribution in [2.75, 3.05) is 20.3 Å². The van der Waals surface area contributed by atoms with Crippen LogP contribution in [-0.4, -0.2) is 29.7 Å². The van der Waals surface area contributed by atoms with Crippen molar-refractivity contribution in [1.82, 2.24) is 9.38 Å². The Kier molecular flexibility index (Phi) is 6.18. The highest BCUT2D eigenvalue weighted by Gasteiger charge is 2.11. The third-order valence-electron chi connectivity index (χ3n) is 5.44. The first-order valence-electron chi connectivity index (χ1n) is 11.0. The van der Waals surface area contributed by atoms with Gasteiger partial charge in [0, 0.05) is 6.42 Å². The molecule has 34 heavy (non-hydrogen) atoms. The van der Waals surface area contributed by atoms with Crippen molar-refractivity contribution in [2.24, 2.45) is 0 Å². The molecule has 0 atom stereocenters. The van der Waals surface area contributed by atoms with E-state index in [4.69, 9.17) is 14.2 Å². The highest BCUT2D eigenvalue weighted by Crippen LogP contribution is 2.28. The molecule has 0 spiro atoms. The highest BCUT2D eigenvalue weighted by atomic mass is 32.1. The van der Waals surface area contributed by atoms with Crippen molar-refractivity contribution in [2.45, 2.75) is 13.3 Å². The molecule has 3 aromatic carbocycles. The van der Waals surface area contributed by atoms with E-state index in [2.05, 4.69) is 4.98 Å². The van der Waals surface area contributed by atoms with Gasteiger partial charge >= 0.3 is 0 Å². The van der Waals surface area contributed by atoms with Gasteiger partial charge in [0.05, 0.1) is 35.9 Å². The van der Waals surface area contributed by atoms with E-state index in [0.29, 0.717) is 34.2 Å². The zero-order chi connectivity index (χ0) is 23.5. The summed E-state index contributed by atoms with van der Waals surface area (Å²) in [5, 5.41) is 0. The van der Waals surface area contributed by atoms with Gasteiger partial charge in [-0.1, -0.05) is 41.7 Å². The Morgan fingerprint density at radius 2 is 1.82 bits per heavy atom. The normalized spacial score (nSPS) is 11.9. The van der Waals surface area contributed by atoms with Gasteiger partial charge in [0.1, 0.15) is 5.75 Å². The van der Waals surface area contributed by atoms with E-state index in [9.17, 15) is 4.79 Å². The maximum absolute atomic E-state index is 13.0. The van der Waals surface area contributed by atoms with Crippen LogP contribution in [0.15, 0.2) is 71.5 Å². The fraction of sp³-hybridized carbons (Fsp3) is 0.185. The molecule has 0 radical (unpaired) electrons. The molecule has 0 aliphatic heterocycles. The van der Waals surface area contributed by atoms with Crippen LogP contribution in [0.25, 0.3) is 22.1 Å². The quantitative estimate of drug-likeness (QED) is 0.308. The Balaban J connectivity index is 1.28. The van der Waals surface area contributed by atoms with E-state index in [-0.39, 0.29) is 5.56 Å². The number of para-hydroxylation sites is 2. The van der Waals surface area contributed by atoms with Crippen LogP contribution in [0.5, 0.6) is 17.2 Å². The molecular weight excluding hydrogens is 448 g/mol. The second-order valence-electron chi connectivity index (χ2n) is 7.91. The second-order valence-corrected chi connectivity index (χ2v) is 8.92. The number of ether oxygens (including phenoxy) is 3. The largest absolute Gasteiger partial charge is 0.493 e. The number of fused-ring (bicyclic) bond motifs is 3. The molecular formula is C27H24N2O4S. The van der Waals surface area contributed by atoms with Crippen molar-refractivity contribution in [3.05, 3.63) is 92.7 Å². The predicted octanol–water partition coefficient (Wildman–Crippen LogP) is 4.62. The van der Waals surface area contributed by atoms with Gasteiger partial charge in [-0.25, -0.2) is 9.38 Å². The topological polar surface area (TPSA) is 62.1 Å². The Bertz CT molecular complexity index is 1570. The summed E-state index contributed by atoms with van der Waals surface area (Å²) in [6.07, 6.45) is 2.60. The van der Waals surface area contributed by atoms with Crippen LogP contribution in [0.3, 0.4) is 0 Å². The maximum atomic E-state index is 13.0. The minimum Gasteiger partial charge on any atom is -0.493 e. The monoisotopic (exact) mass is 472 g/mol. The van der Waals surface area contributed by atoms with E-state index < -0.39 is 0 Å². The minimum absolute atomic E-state index is 0.0680. The van der Waals surface area contributed by atoms with Gasteiger partial charge < -0.3 is 14.2 Å². The molecule has 6 nitrogen and oxygen atoms in total. The number of aromatic nitrogens is 2. The van der Waals surface area contributed by atoms with E-state index in [1.165, 1.54) is 16.9 Å². The molecule has 0 aliphatic carbocycles. The lowest BCUT2D eigenvalue weighted by molar-refractivity contribution is 0.240. The van der Waals surface area contributed by atoms with Crippen molar-refractivity contribution < 1.29 is 14.2 Å². The number of rotatable bonds is 8. The van der Waals surface area contributed by atoms with Crippen molar-refractivity contribution in [1.29, 1.82) is 0 Å². The summed E-state index contributed by atoms with van der Waals surface area (Å²) in [6.45, 7) is 3.11. The summed E-state index contributed by atoms with van der Waals surface area (Å²) in [7, 11) is 1.61. The van der Waals surface area contributed by atoms with Crippen LogP contribution >= 0.6 is 11.3 Å². The third kappa shape index (κ3) is 4.47. The second kappa shape index (κ2) is 9.57. The van der Waals surface area contributed by atoms with E-state index in [1.807, 2.05) is 79.7 Å². The standard InChI is InChI=1S/C27H24N2O4S/c1-18-7-5-8-20(15-18)32-13-6-14-33-23-12-11-19(16-24(23)31-2)17-25-26(30)29-22-10-4-3-9-21(22)28-27(29)34-25/h3-5,7-12,15-17H,6,13-14H2,1-2H3. The van der Waals surface area contributed by atoms with Crippen LogP contribution in [0.1, 0.15) is 17.5 Å². The summed E-state index contributed by atoms with van der Waals surface area (Å²) in [4.78, 5) is 18.2. The van der Waals surface area contributed by atoms with E-state index in [0.717, 1.165) is 28.8 Å². The van der Waals surface area contributed by atoms with Gasteiger partial charge in [-0.05, 0) is 60.5 Å².